The van der Waals surface area contributed by atoms with Gasteiger partial charge < -0.3 is 25.4 Å². The molecule has 48 heavy (non-hydrogen) atoms. The smallest absolute Gasteiger partial charge is 0.272 e. The van der Waals surface area contributed by atoms with Gasteiger partial charge in [0.05, 0.1) is 14.2 Å². The van der Waals surface area contributed by atoms with Crippen molar-refractivity contribution in [2.45, 2.75) is 10.1 Å². The van der Waals surface area contributed by atoms with Crippen molar-refractivity contribution in [2.75, 3.05) is 24.9 Å². The Morgan fingerprint density at radius 2 is 1.35 bits per heavy atom. The fourth-order valence-corrected chi connectivity index (χ4v) is 6.01. The van der Waals surface area contributed by atoms with E-state index in [2.05, 4.69) is 38.5 Å². The second kappa shape index (κ2) is 16.7. The van der Waals surface area contributed by atoms with Gasteiger partial charge in [-0.3, -0.25) is 14.4 Å². The topological polar surface area (TPSA) is 106 Å². The summed E-state index contributed by atoms with van der Waals surface area (Å²) >= 11 is 3.63. The summed E-state index contributed by atoms with van der Waals surface area (Å²) in [4.78, 5) is 41.0. The molecule has 3 N–H and O–H groups in total. The number of thioether (sulfide) groups is 1. The molecule has 0 aliphatic rings. The number of ether oxygens (including phenoxy) is 2. The van der Waals surface area contributed by atoms with Crippen LogP contribution in [0.25, 0.3) is 6.08 Å². The van der Waals surface area contributed by atoms with Gasteiger partial charge in [0.2, 0.25) is 5.91 Å². The van der Waals surface area contributed by atoms with Crippen LogP contribution in [0.4, 0.5) is 11.4 Å². The van der Waals surface area contributed by atoms with Crippen LogP contribution in [0, 0.1) is 3.57 Å². The van der Waals surface area contributed by atoms with E-state index in [-0.39, 0.29) is 11.6 Å². The average Bonchev–Trinajstić information content (AvgIpc) is 3.12. The maximum atomic E-state index is 13.6. The molecule has 1 unspecified atom stereocenters. The van der Waals surface area contributed by atoms with Crippen molar-refractivity contribution in [3.63, 3.8) is 0 Å². The Labute approximate surface area is 297 Å². The number of methoxy groups -OCH3 is 2. The molecule has 10 heteroatoms. The van der Waals surface area contributed by atoms with Gasteiger partial charge in [0.15, 0.2) is 0 Å². The first kappa shape index (κ1) is 34.3. The maximum absolute atomic E-state index is 13.6. The van der Waals surface area contributed by atoms with E-state index >= 15 is 0 Å². The monoisotopic (exact) mass is 769 g/mol. The van der Waals surface area contributed by atoms with Gasteiger partial charge >= 0.3 is 0 Å². The van der Waals surface area contributed by atoms with E-state index in [0.29, 0.717) is 28.3 Å². The Balaban J connectivity index is 1.35. The third-order valence-electron chi connectivity index (χ3n) is 7.09. The van der Waals surface area contributed by atoms with Gasteiger partial charge in [-0.15, -0.1) is 11.8 Å². The van der Waals surface area contributed by atoms with E-state index in [0.717, 1.165) is 19.7 Å². The minimum atomic E-state index is -0.531. The van der Waals surface area contributed by atoms with Crippen molar-refractivity contribution >= 4 is 69.5 Å². The molecule has 0 fully saturated rings. The highest BCUT2D eigenvalue weighted by atomic mass is 127. The maximum Gasteiger partial charge on any atom is 0.272 e. The number of amides is 3. The minimum Gasteiger partial charge on any atom is -0.497 e. The van der Waals surface area contributed by atoms with E-state index < -0.39 is 17.1 Å². The third kappa shape index (κ3) is 9.26. The highest BCUT2D eigenvalue weighted by Crippen LogP contribution is 2.37. The van der Waals surface area contributed by atoms with Crippen LogP contribution in [0.5, 0.6) is 11.5 Å². The molecule has 0 spiro atoms. The summed E-state index contributed by atoms with van der Waals surface area (Å²) in [5.74, 6) is -0.0665. The van der Waals surface area contributed by atoms with Crippen LogP contribution in [0.15, 0.2) is 138 Å². The summed E-state index contributed by atoms with van der Waals surface area (Å²) < 4.78 is 11.9. The molecular formula is C38H32IN3O5S. The molecule has 5 aromatic carbocycles. The van der Waals surface area contributed by atoms with Gasteiger partial charge in [0.25, 0.3) is 11.8 Å². The van der Waals surface area contributed by atoms with Crippen molar-refractivity contribution in [1.29, 1.82) is 0 Å². The standard InChI is InChI=1S/C38H32IN3O5S/c1-46-31-20-13-27(34(24-31)47-2)23-33(42-36(43)26-11-7-4-8-12-26)37(44)40-30-18-21-32(22-19-30)48-35(25-9-5-3-6-10-25)38(45)41-29-16-14-28(39)15-17-29/h3-24,35H,1-2H3,(H,40,44)(H,41,45)(H,42,43)/b33-23-. The lowest BCUT2D eigenvalue weighted by atomic mass is 10.1. The number of hydrogen-bond acceptors (Lipinski definition) is 6. The van der Waals surface area contributed by atoms with Crippen molar-refractivity contribution in [3.8, 4) is 11.5 Å². The summed E-state index contributed by atoms with van der Waals surface area (Å²) in [6.07, 6.45) is 1.55. The number of anilines is 2. The highest BCUT2D eigenvalue weighted by Gasteiger charge is 2.23. The molecule has 0 heterocycles. The normalized spacial score (nSPS) is 11.6. The molecule has 0 aliphatic heterocycles. The number of carbonyl (C=O) groups is 3. The van der Waals surface area contributed by atoms with E-state index in [4.69, 9.17) is 9.47 Å². The predicted octanol–water partition coefficient (Wildman–Crippen LogP) is 8.19. The molecule has 5 rings (SSSR count). The number of benzene rings is 5. The second-order valence-corrected chi connectivity index (χ2v) is 12.8. The number of halogens is 1. The summed E-state index contributed by atoms with van der Waals surface area (Å²) in [5, 5.41) is 8.12. The lowest BCUT2D eigenvalue weighted by Crippen LogP contribution is -2.30. The number of nitrogens with one attached hydrogen (secondary N) is 3. The largest absolute Gasteiger partial charge is 0.497 e. The zero-order valence-electron chi connectivity index (χ0n) is 26.1. The third-order valence-corrected chi connectivity index (χ3v) is 9.07. The summed E-state index contributed by atoms with van der Waals surface area (Å²) in [5.41, 5.74) is 3.07. The Bertz CT molecular complexity index is 1900. The SMILES string of the molecule is COc1ccc(/C=C(\NC(=O)c2ccccc2)C(=O)Nc2ccc(SC(C(=O)Nc3ccc(I)cc3)c3ccccc3)cc2)c(OC)c1. The van der Waals surface area contributed by atoms with Gasteiger partial charge in [-0.05, 0) is 107 Å². The molecule has 0 saturated carbocycles. The first-order chi connectivity index (χ1) is 23.3. The van der Waals surface area contributed by atoms with Crippen molar-refractivity contribution in [2.24, 2.45) is 0 Å². The van der Waals surface area contributed by atoms with E-state index in [1.54, 1.807) is 67.8 Å². The first-order valence-corrected chi connectivity index (χ1v) is 16.8. The van der Waals surface area contributed by atoms with Gasteiger partial charge in [0.1, 0.15) is 22.4 Å². The summed E-state index contributed by atoms with van der Waals surface area (Å²) in [6, 6.07) is 38.2. The average molecular weight is 770 g/mol. The van der Waals surface area contributed by atoms with Crippen LogP contribution in [-0.2, 0) is 9.59 Å². The van der Waals surface area contributed by atoms with Gasteiger partial charge in [0, 0.05) is 37.0 Å². The summed E-state index contributed by atoms with van der Waals surface area (Å²) in [6.45, 7) is 0. The molecule has 242 valence electrons. The molecule has 0 radical (unpaired) electrons. The quantitative estimate of drug-likeness (QED) is 0.0672. The molecule has 0 aliphatic carbocycles. The molecule has 0 bridgehead atoms. The van der Waals surface area contributed by atoms with Crippen LogP contribution >= 0.6 is 34.4 Å². The molecule has 8 nitrogen and oxygen atoms in total. The van der Waals surface area contributed by atoms with Crippen molar-refractivity contribution < 1.29 is 23.9 Å². The molecular weight excluding hydrogens is 737 g/mol. The fraction of sp³-hybridized carbons (Fsp3) is 0.0789. The molecule has 3 amide bonds. The van der Waals surface area contributed by atoms with Crippen LogP contribution < -0.4 is 25.4 Å². The minimum absolute atomic E-state index is 0.0159. The number of carbonyl (C=O) groups excluding carboxylic acids is 3. The van der Waals surface area contributed by atoms with Crippen LogP contribution in [0.1, 0.15) is 26.7 Å². The number of rotatable bonds is 12. The Morgan fingerprint density at radius 1 is 0.729 bits per heavy atom. The van der Waals surface area contributed by atoms with E-state index in [1.165, 1.54) is 18.9 Å². The Hall–Kier alpha value is -5.07. The van der Waals surface area contributed by atoms with Crippen LogP contribution in [-0.4, -0.2) is 31.9 Å². The van der Waals surface area contributed by atoms with Crippen LogP contribution in [0.3, 0.4) is 0 Å². The van der Waals surface area contributed by atoms with Gasteiger partial charge in [-0.1, -0.05) is 48.5 Å². The Morgan fingerprint density at radius 3 is 2.00 bits per heavy atom. The lowest BCUT2D eigenvalue weighted by Gasteiger charge is -2.18. The second-order valence-electron chi connectivity index (χ2n) is 10.4. The predicted molar refractivity (Wildman–Crippen MR) is 199 cm³/mol. The zero-order chi connectivity index (χ0) is 33.9. The van der Waals surface area contributed by atoms with Crippen molar-refractivity contribution in [3.05, 3.63) is 153 Å². The Kier molecular flexibility index (Phi) is 11.9. The highest BCUT2D eigenvalue weighted by molar-refractivity contribution is 14.1. The van der Waals surface area contributed by atoms with Gasteiger partial charge in [-0.25, -0.2) is 0 Å². The molecule has 5 aromatic rings. The molecule has 0 saturated heterocycles. The van der Waals surface area contributed by atoms with E-state index in [9.17, 15) is 14.4 Å². The molecule has 1 atom stereocenters. The van der Waals surface area contributed by atoms with E-state index in [1.807, 2.05) is 72.8 Å². The molecule has 0 aromatic heterocycles. The van der Waals surface area contributed by atoms with Gasteiger partial charge in [-0.2, -0.15) is 0 Å². The fourth-order valence-electron chi connectivity index (χ4n) is 4.63. The van der Waals surface area contributed by atoms with Crippen molar-refractivity contribution in [1.82, 2.24) is 5.32 Å². The summed E-state index contributed by atoms with van der Waals surface area (Å²) in [7, 11) is 3.07. The first-order valence-electron chi connectivity index (χ1n) is 14.8. The zero-order valence-corrected chi connectivity index (χ0v) is 29.1. The lowest BCUT2D eigenvalue weighted by molar-refractivity contribution is -0.116. The number of hydrogen-bond donors (Lipinski definition) is 3. The van der Waals surface area contributed by atoms with Crippen LogP contribution in [0.2, 0.25) is 0 Å².